The Morgan fingerprint density at radius 3 is 2.62 bits per heavy atom. The fourth-order valence-electron chi connectivity index (χ4n) is 2.74. The lowest BCUT2D eigenvalue weighted by Crippen LogP contribution is -2.45. The zero-order chi connectivity index (χ0) is 14.4. The van der Waals surface area contributed by atoms with Crippen molar-refractivity contribution in [1.29, 1.82) is 0 Å². The molecule has 0 aromatic rings. The third-order valence-electron chi connectivity index (χ3n) is 4.26. The number of carbonyl (C=O) groups excluding carboxylic acids is 1. The minimum Gasteiger partial charge on any atom is -0.357 e. The molecule has 1 atom stereocenters. The van der Waals surface area contributed by atoms with Crippen LogP contribution in [0.4, 0.5) is 0 Å². The standard InChI is InChI=1S/C15H28N4O.HI/c1-3-14(20)19-9-8-13(11-19)18-15(16-4-2)17-10-12-6-5-7-12;/h12-13H,3-11H2,1-2H3,(H2,16,17,18);1H. The first-order valence-electron chi connectivity index (χ1n) is 8.05. The van der Waals surface area contributed by atoms with Crippen LogP contribution in [0.1, 0.15) is 46.0 Å². The van der Waals surface area contributed by atoms with Gasteiger partial charge < -0.3 is 15.5 Å². The van der Waals surface area contributed by atoms with Crippen LogP contribution in [0.5, 0.6) is 0 Å². The SMILES string of the molecule is CCNC(=NCC1CCC1)NC1CCN(C(=O)CC)C1.I. The first kappa shape index (κ1) is 18.5. The number of hydrogen-bond donors (Lipinski definition) is 2. The van der Waals surface area contributed by atoms with Crippen molar-refractivity contribution in [2.75, 3.05) is 26.2 Å². The maximum atomic E-state index is 11.7. The maximum Gasteiger partial charge on any atom is 0.222 e. The van der Waals surface area contributed by atoms with Gasteiger partial charge in [-0.15, -0.1) is 24.0 Å². The molecule has 2 fully saturated rings. The molecule has 122 valence electrons. The maximum absolute atomic E-state index is 11.7. The number of nitrogens with zero attached hydrogens (tertiary/aromatic N) is 2. The van der Waals surface area contributed by atoms with Gasteiger partial charge in [-0.1, -0.05) is 13.3 Å². The molecule has 1 heterocycles. The van der Waals surface area contributed by atoms with Crippen molar-refractivity contribution in [1.82, 2.24) is 15.5 Å². The summed E-state index contributed by atoms with van der Waals surface area (Å²) in [5.74, 6) is 1.95. The number of carbonyl (C=O) groups is 1. The van der Waals surface area contributed by atoms with Crippen LogP contribution in [0.25, 0.3) is 0 Å². The Morgan fingerprint density at radius 1 is 1.29 bits per heavy atom. The van der Waals surface area contributed by atoms with Crippen molar-refractivity contribution in [2.24, 2.45) is 10.9 Å². The summed E-state index contributed by atoms with van der Waals surface area (Å²) < 4.78 is 0. The van der Waals surface area contributed by atoms with E-state index >= 15 is 0 Å². The van der Waals surface area contributed by atoms with Gasteiger partial charge in [-0.05, 0) is 32.1 Å². The second-order valence-electron chi connectivity index (χ2n) is 5.84. The van der Waals surface area contributed by atoms with Gasteiger partial charge in [-0.3, -0.25) is 9.79 Å². The highest BCUT2D eigenvalue weighted by atomic mass is 127. The number of likely N-dealkylation sites (tertiary alicyclic amines) is 1. The van der Waals surface area contributed by atoms with Crippen LogP contribution in [0.2, 0.25) is 0 Å². The van der Waals surface area contributed by atoms with Crippen LogP contribution in [0, 0.1) is 5.92 Å². The number of rotatable bonds is 5. The molecule has 1 saturated carbocycles. The normalized spacial score (nSPS) is 22.5. The summed E-state index contributed by atoms with van der Waals surface area (Å²) in [5.41, 5.74) is 0. The van der Waals surface area contributed by atoms with Crippen molar-refractivity contribution in [3.8, 4) is 0 Å². The van der Waals surface area contributed by atoms with E-state index in [1.807, 2.05) is 11.8 Å². The van der Waals surface area contributed by atoms with E-state index in [4.69, 9.17) is 0 Å². The largest absolute Gasteiger partial charge is 0.357 e. The van der Waals surface area contributed by atoms with Gasteiger partial charge >= 0.3 is 0 Å². The molecule has 0 aromatic heterocycles. The molecular formula is C15H29IN4O. The highest BCUT2D eigenvalue weighted by Crippen LogP contribution is 2.26. The molecule has 21 heavy (non-hydrogen) atoms. The molecule has 1 aliphatic carbocycles. The molecule has 2 rings (SSSR count). The van der Waals surface area contributed by atoms with E-state index in [9.17, 15) is 4.79 Å². The summed E-state index contributed by atoms with van der Waals surface area (Å²) in [6, 6.07) is 0.338. The zero-order valence-corrected chi connectivity index (χ0v) is 15.6. The number of nitrogens with one attached hydrogen (secondary N) is 2. The van der Waals surface area contributed by atoms with E-state index in [1.165, 1.54) is 19.3 Å². The van der Waals surface area contributed by atoms with E-state index in [-0.39, 0.29) is 29.9 Å². The van der Waals surface area contributed by atoms with Crippen LogP contribution in [0.3, 0.4) is 0 Å². The topological polar surface area (TPSA) is 56.7 Å². The summed E-state index contributed by atoms with van der Waals surface area (Å²) in [6.07, 6.45) is 5.62. The van der Waals surface area contributed by atoms with Crippen LogP contribution >= 0.6 is 24.0 Å². The number of halogens is 1. The third kappa shape index (κ3) is 5.64. The monoisotopic (exact) mass is 408 g/mol. The average molecular weight is 408 g/mol. The summed E-state index contributed by atoms with van der Waals surface area (Å²) >= 11 is 0. The molecule has 1 aliphatic heterocycles. The van der Waals surface area contributed by atoms with E-state index in [0.717, 1.165) is 44.5 Å². The highest BCUT2D eigenvalue weighted by molar-refractivity contribution is 14.0. The highest BCUT2D eigenvalue weighted by Gasteiger charge is 2.26. The molecule has 1 amide bonds. The van der Waals surface area contributed by atoms with Crippen molar-refractivity contribution in [3.63, 3.8) is 0 Å². The molecule has 0 radical (unpaired) electrons. The van der Waals surface area contributed by atoms with Gasteiger partial charge in [0.1, 0.15) is 0 Å². The number of guanidine groups is 1. The fraction of sp³-hybridized carbons (Fsp3) is 0.867. The zero-order valence-electron chi connectivity index (χ0n) is 13.2. The van der Waals surface area contributed by atoms with Gasteiger partial charge in [-0.25, -0.2) is 0 Å². The van der Waals surface area contributed by atoms with Crippen molar-refractivity contribution < 1.29 is 4.79 Å². The van der Waals surface area contributed by atoms with Crippen LogP contribution in [-0.2, 0) is 4.79 Å². The predicted octanol–water partition coefficient (Wildman–Crippen LogP) is 1.97. The average Bonchev–Trinajstić information content (AvgIpc) is 2.84. The van der Waals surface area contributed by atoms with Gasteiger partial charge in [0.05, 0.1) is 0 Å². The smallest absolute Gasteiger partial charge is 0.222 e. The first-order chi connectivity index (χ1) is 9.72. The van der Waals surface area contributed by atoms with Crippen molar-refractivity contribution in [3.05, 3.63) is 0 Å². The lowest BCUT2D eigenvalue weighted by Gasteiger charge is -2.24. The summed E-state index contributed by atoms with van der Waals surface area (Å²) in [7, 11) is 0. The third-order valence-corrected chi connectivity index (χ3v) is 4.26. The van der Waals surface area contributed by atoms with Gasteiger partial charge in [0.25, 0.3) is 0 Å². The molecule has 0 aromatic carbocycles. The quantitative estimate of drug-likeness (QED) is 0.416. The summed E-state index contributed by atoms with van der Waals surface area (Å²) in [6.45, 7) is 7.49. The van der Waals surface area contributed by atoms with Crippen LogP contribution in [0.15, 0.2) is 4.99 Å². The molecule has 1 unspecified atom stereocenters. The van der Waals surface area contributed by atoms with Gasteiger partial charge in [0.2, 0.25) is 5.91 Å². The molecule has 0 spiro atoms. The van der Waals surface area contributed by atoms with Crippen LogP contribution in [-0.4, -0.2) is 49.0 Å². The molecule has 0 bridgehead atoms. The predicted molar refractivity (Wildman–Crippen MR) is 97.1 cm³/mol. The van der Waals surface area contributed by atoms with Gasteiger partial charge in [0, 0.05) is 38.6 Å². The molecule has 5 nitrogen and oxygen atoms in total. The Kier molecular flexibility index (Phi) is 8.36. The summed E-state index contributed by atoms with van der Waals surface area (Å²) in [4.78, 5) is 18.3. The Morgan fingerprint density at radius 2 is 2.05 bits per heavy atom. The lowest BCUT2D eigenvalue weighted by atomic mass is 9.86. The minimum atomic E-state index is 0. The van der Waals surface area contributed by atoms with E-state index < -0.39 is 0 Å². The van der Waals surface area contributed by atoms with Crippen molar-refractivity contribution >= 4 is 35.8 Å². The Balaban J connectivity index is 0.00000220. The van der Waals surface area contributed by atoms with E-state index in [2.05, 4.69) is 22.5 Å². The second-order valence-corrected chi connectivity index (χ2v) is 5.84. The first-order valence-corrected chi connectivity index (χ1v) is 8.05. The Labute approximate surface area is 145 Å². The molecule has 6 heteroatoms. The van der Waals surface area contributed by atoms with E-state index in [0.29, 0.717) is 12.5 Å². The number of aliphatic imine (C=N–C) groups is 1. The molecule has 1 saturated heterocycles. The van der Waals surface area contributed by atoms with Crippen LogP contribution < -0.4 is 10.6 Å². The molecule has 2 aliphatic rings. The Hall–Kier alpha value is -0.530. The minimum absolute atomic E-state index is 0. The van der Waals surface area contributed by atoms with Crippen molar-refractivity contribution in [2.45, 2.75) is 52.0 Å². The number of amides is 1. The van der Waals surface area contributed by atoms with E-state index in [1.54, 1.807) is 0 Å². The lowest BCUT2D eigenvalue weighted by molar-refractivity contribution is -0.129. The van der Waals surface area contributed by atoms with Gasteiger partial charge in [-0.2, -0.15) is 0 Å². The second kappa shape index (κ2) is 9.48. The molecule has 2 N–H and O–H groups in total. The van der Waals surface area contributed by atoms with Gasteiger partial charge in [0.15, 0.2) is 5.96 Å². The molecular weight excluding hydrogens is 379 g/mol. The fourth-order valence-corrected chi connectivity index (χ4v) is 2.74. The number of hydrogen-bond acceptors (Lipinski definition) is 2. The summed E-state index contributed by atoms with van der Waals surface area (Å²) in [5, 5.41) is 6.78. The Bertz CT molecular complexity index is 358.